The Balaban J connectivity index is 1.68. The molecule has 0 N–H and O–H groups in total. The summed E-state index contributed by atoms with van der Waals surface area (Å²) in [6.07, 6.45) is 0. The Morgan fingerprint density at radius 3 is 1.63 bits per heavy atom. The van der Waals surface area contributed by atoms with E-state index in [1.165, 1.54) is 45.8 Å². The SMILES string of the molecule is CC(C)(C)N1CCN(CC2CN(C(C)(C)C)C2)CC1. The van der Waals surface area contributed by atoms with Crippen molar-refractivity contribution >= 4 is 0 Å². The monoisotopic (exact) mass is 267 g/mol. The molecule has 0 bridgehead atoms. The van der Waals surface area contributed by atoms with Crippen LogP contribution in [0.1, 0.15) is 41.5 Å². The van der Waals surface area contributed by atoms with Crippen LogP contribution in [-0.2, 0) is 0 Å². The van der Waals surface area contributed by atoms with Crippen molar-refractivity contribution in [1.82, 2.24) is 14.7 Å². The molecule has 3 heteroatoms. The molecule has 0 spiro atoms. The molecule has 0 atom stereocenters. The average molecular weight is 267 g/mol. The summed E-state index contributed by atoms with van der Waals surface area (Å²) in [7, 11) is 0. The lowest BCUT2D eigenvalue weighted by Crippen LogP contribution is -2.60. The first-order valence-corrected chi connectivity index (χ1v) is 7.89. The standard InChI is InChI=1S/C16H33N3/c1-15(2,3)18-9-7-17(8-10-18)11-14-12-19(13-14)16(4,5)6/h14H,7-13H2,1-6H3. The van der Waals surface area contributed by atoms with Crippen molar-refractivity contribution in [2.45, 2.75) is 52.6 Å². The van der Waals surface area contributed by atoms with Gasteiger partial charge in [0, 0.05) is 56.9 Å². The molecular formula is C16H33N3. The topological polar surface area (TPSA) is 9.72 Å². The van der Waals surface area contributed by atoms with Crippen molar-refractivity contribution in [1.29, 1.82) is 0 Å². The van der Waals surface area contributed by atoms with Crippen LogP contribution >= 0.6 is 0 Å². The lowest BCUT2D eigenvalue weighted by molar-refractivity contribution is -0.0151. The van der Waals surface area contributed by atoms with E-state index in [-0.39, 0.29) is 0 Å². The second-order valence-electron chi connectivity index (χ2n) is 8.40. The van der Waals surface area contributed by atoms with Crippen molar-refractivity contribution in [3.63, 3.8) is 0 Å². The van der Waals surface area contributed by atoms with E-state index in [1.54, 1.807) is 0 Å². The largest absolute Gasteiger partial charge is 0.300 e. The Hall–Kier alpha value is -0.120. The van der Waals surface area contributed by atoms with Crippen LogP contribution in [-0.4, -0.2) is 71.6 Å². The van der Waals surface area contributed by atoms with Gasteiger partial charge in [0.25, 0.3) is 0 Å². The highest BCUT2D eigenvalue weighted by atomic mass is 15.3. The van der Waals surface area contributed by atoms with E-state index in [1.807, 2.05) is 0 Å². The molecule has 0 aromatic heterocycles. The zero-order valence-corrected chi connectivity index (χ0v) is 13.9. The maximum Gasteiger partial charge on any atom is 0.0126 e. The molecule has 0 radical (unpaired) electrons. The van der Waals surface area contributed by atoms with Gasteiger partial charge in [-0.15, -0.1) is 0 Å². The molecule has 0 aromatic rings. The number of hydrogen-bond acceptors (Lipinski definition) is 3. The van der Waals surface area contributed by atoms with E-state index in [9.17, 15) is 0 Å². The fourth-order valence-electron chi connectivity index (χ4n) is 3.20. The second kappa shape index (κ2) is 5.34. The molecule has 2 aliphatic rings. The quantitative estimate of drug-likeness (QED) is 0.759. The van der Waals surface area contributed by atoms with Gasteiger partial charge in [0.2, 0.25) is 0 Å². The van der Waals surface area contributed by atoms with Gasteiger partial charge in [0.05, 0.1) is 0 Å². The summed E-state index contributed by atoms with van der Waals surface area (Å²) < 4.78 is 0. The van der Waals surface area contributed by atoms with Gasteiger partial charge in [0.1, 0.15) is 0 Å². The van der Waals surface area contributed by atoms with Crippen molar-refractivity contribution in [2.24, 2.45) is 5.92 Å². The summed E-state index contributed by atoms with van der Waals surface area (Å²) in [5, 5.41) is 0. The van der Waals surface area contributed by atoms with Crippen LogP contribution in [0.15, 0.2) is 0 Å². The molecule has 2 fully saturated rings. The second-order valence-corrected chi connectivity index (χ2v) is 8.40. The first kappa shape index (κ1) is 15.3. The van der Waals surface area contributed by atoms with Crippen LogP contribution in [0, 0.1) is 5.92 Å². The van der Waals surface area contributed by atoms with Gasteiger partial charge in [-0.2, -0.15) is 0 Å². The summed E-state index contributed by atoms with van der Waals surface area (Å²) in [5.41, 5.74) is 0.701. The van der Waals surface area contributed by atoms with Crippen molar-refractivity contribution < 1.29 is 0 Å². The third-order valence-electron chi connectivity index (χ3n) is 4.74. The third kappa shape index (κ3) is 3.93. The van der Waals surface area contributed by atoms with E-state index in [0.717, 1.165) is 5.92 Å². The number of hydrogen-bond donors (Lipinski definition) is 0. The average Bonchev–Trinajstić information content (AvgIpc) is 2.20. The smallest absolute Gasteiger partial charge is 0.0126 e. The molecule has 0 aliphatic carbocycles. The zero-order chi connectivity index (χ0) is 14.3. The minimum Gasteiger partial charge on any atom is -0.300 e. The van der Waals surface area contributed by atoms with Gasteiger partial charge in [-0.25, -0.2) is 0 Å². The van der Waals surface area contributed by atoms with Crippen LogP contribution in [0.2, 0.25) is 0 Å². The molecule has 0 unspecified atom stereocenters. The summed E-state index contributed by atoms with van der Waals surface area (Å²) in [6.45, 7) is 22.8. The van der Waals surface area contributed by atoms with Gasteiger partial charge in [-0.05, 0) is 47.5 Å². The summed E-state index contributed by atoms with van der Waals surface area (Å²) in [6, 6.07) is 0. The van der Waals surface area contributed by atoms with Gasteiger partial charge in [-0.1, -0.05) is 0 Å². The summed E-state index contributed by atoms with van der Waals surface area (Å²) in [4.78, 5) is 7.89. The van der Waals surface area contributed by atoms with Gasteiger partial charge in [-0.3, -0.25) is 9.80 Å². The van der Waals surface area contributed by atoms with E-state index in [4.69, 9.17) is 0 Å². The number of piperazine rings is 1. The summed E-state index contributed by atoms with van der Waals surface area (Å²) >= 11 is 0. The molecule has 3 nitrogen and oxygen atoms in total. The first-order valence-electron chi connectivity index (χ1n) is 7.89. The van der Waals surface area contributed by atoms with Crippen molar-refractivity contribution in [2.75, 3.05) is 45.8 Å². The first-order chi connectivity index (χ1) is 8.66. The minimum absolute atomic E-state index is 0.339. The normalized spacial score (nSPS) is 25.6. The number of rotatable bonds is 2. The molecule has 2 heterocycles. The van der Waals surface area contributed by atoms with Gasteiger partial charge >= 0.3 is 0 Å². The van der Waals surface area contributed by atoms with Crippen LogP contribution in [0.25, 0.3) is 0 Å². The molecule has 2 aliphatic heterocycles. The Morgan fingerprint density at radius 2 is 1.21 bits per heavy atom. The van der Waals surface area contributed by atoms with Gasteiger partial charge in [0.15, 0.2) is 0 Å². The van der Waals surface area contributed by atoms with Crippen LogP contribution in [0.5, 0.6) is 0 Å². The zero-order valence-electron chi connectivity index (χ0n) is 13.9. The van der Waals surface area contributed by atoms with E-state index in [2.05, 4.69) is 56.2 Å². The molecule has 0 amide bonds. The fourth-order valence-corrected chi connectivity index (χ4v) is 3.20. The van der Waals surface area contributed by atoms with Crippen LogP contribution in [0.4, 0.5) is 0 Å². The Labute approximate surface area is 119 Å². The van der Waals surface area contributed by atoms with Crippen molar-refractivity contribution in [3.8, 4) is 0 Å². The minimum atomic E-state index is 0.339. The molecular weight excluding hydrogens is 234 g/mol. The Kier molecular flexibility index (Phi) is 4.29. The molecule has 19 heavy (non-hydrogen) atoms. The predicted molar refractivity (Wildman–Crippen MR) is 82.6 cm³/mol. The highest BCUT2D eigenvalue weighted by Gasteiger charge is 2.35. The Morgan fingerprint density at radius 1 is 0.737 bits per heavy atom. The highest BCUT2D eigenvalue weighted by molar-refractivity contribution is 4.91. The molecule has 2 saturated heterocycles. The van der Waals surface area contributed by atoms with E-state index in [0.29, 0.717) is 11.1 Å². The maximum atomic E-state index is 2.67. The summed E-state index contributed by atoms with van der Waals surface area (Å²) in [5.74, 6) is 0.903. The van der Waals surface area contributed by atoms with Gasteiger partial charge < -0.3 is 4.90 Å². The molecule has 0 aromatic carbocycles. The third-order valence-corrected chi connectivity index (χ3v) is 4.74. The predicted octanol–water partition coefficient (Wildman–Crippen LogP) is 2.13. The van der Waals surface area contributed by atoms with E-state index < -0.39 is 0 Å². The maximum absolute atomic E-state index is 2.67. The molecule has 2 rings (SSSR count). The lowest BCUT2D eigenvalue weighted by atomic mass is 9.92. The van der Waals surface area contributed by atoms with Crippen molar-refractivity contribution in [3.05, 3.63) is 0 Å². The van der Waals surface area contributed by atoms with E-state index >= 15 is 0 Å². The highest BCUT2D eigenvalue weighted by Crippen LogP contribution is 2.26. The molecule has 0 saturated carbocycles. The Bertz CT molecular complexity index is 286. The lowest BCUT2D eigenvalue weighted by Gasteiger charge is -2.50. The fraction of sp³-hybridized carbons (Fsp3) is 1.00. The van der Waals surface area contributed by atoms with Crippen LogP contribution in [0.3, 0.4) is 0 Å². The number of nitrogens with zero attached hydrogens (tertiary/aromatic N) is 3. The molecule has 112 valence electrons. The van der Waals surface area contributed by atoms with Crippen LogP contribution < -0.4 is 0 Å². The number of likely N-dealkylation sites (tertiary alicyclic amines) is 1.